The molecule has 0 aromatic carbocycles. The number of hydrogen-bond donors (Lipinski definition) is 0. The largest absolute Gasteiger partial charge is 0.417 e. The minimum atomic E-state index is -4.38. The lowest BCUT2D eigenvalue weighted by Gasteiger charge is -2.35. The number of fused-ring (bicyclic) bond motifs is 1. The van der Waals surface area contributed by atoms with Crippen LogP contribution in [0.15, 0.2) is 34.6 Å². The monoisotopic (exact) mass is 409 g/mol. The van der Waals surface area contributed by atoms with Gasteiger partial charge in [0.1, 0.15) is 5.82 Å². The molecule has 1 aliphatic heterocycles. The van der Waals surface area contributed by atoms with Gasteiger partial charge >= 0.3 is 6.18 Å². The highest BCUT2D eigenvalue weighted by atomic mass is 32.1. The van der Waals surface area contributed by atoms with E-state index in [1.165, 1.54) is 17.4 Å². The molecular weight excluding hydrogens is 391 g/mol. The van der Waals surface area contributed by atoms with Crippen molar-refractivity contribution in [2.75, 3.05) is 31.1 Å². The van der Waals surface area contributed by atoms with Crippen molar-refractivity contribution in [3.63, 3.8) is 0 Å². The first-order valence-corrected chi connectivity index (χ1v) is 9.66. The van der Waals surface area contributed by atoms with Crippen LogP contribution in [0.1, 0.15) is 17.0 Å². The second-order valence-corrected chi connectivity index (χ2v) is 7.58. The van der Waals surface area contributed by atoms with Crippen LogP contribution in [0.5, 0.6) is 0 Å². The molecule has 0 spiro atoms. The van der Waals surface area contributed by atoms with E-state index in [9.17, 15) is 18.0 Å². The molecule has 6 nitrogen and oxygen atoms in total. The van der Waals surface area contributed by atoms with Crippen molar-refractivity contribution >= 4 is 22.1 Å². The van der Waals surface area contributed by atoms with E-state index in [0.29, 0.717) is 43.5 Å². The van der Waals surface area contributed by atoms with Crippen molar-refractivity contribution in [1.82, 2.24) is 19.3 Å². The second-order valence-electron chi connectivity index (χ2n) is 6.75. The van der Waals surface area contributed by atoms with Crippen LogP contribution in [-0.4, -0.2) is 45.4 Å². The van der Waals surface area contributed by atoms with Crippen LogP contribution in [0.2, 0.25) is 0 Å². The quantitative estimate of drug-likeness (QED) is 0.666. The summed E-state index contributed by atoms with van der Waals surface area (Å²) in [6.45, 7) is 5.17. The van der Waals surface area contributed by atoms with Crippen molar-refractivity contribution in [2.24, 2.45) is 0 Å². The SMILES string of the molecule is Cc1csc2nc(CN3CCN(c4ccc(C(F)(F)F)cn4)CC3)cc(=O)n12. The van der Waals surface area contributed by atoms with Crippen molar-refractivity contribution in [1.29, 1.82) is 0 Å². The Kier molecular flexibility index (Phi) is 4.84. The van der Waals surface area contributed by atoms with E-state index in [1.807, 2.05) is 17.2 Å². The molecular formula is C18H18F3N5OS. The van der Waals surface area contributed by atoms with E-state index in [-0.39, 0.29) is 5.56 Å². The Labute approximate surface area is 162 Å². The maximum Gasteiger partial charge on any atom is 0.417 e. The van der Waals surface area contributed by atoms with Gasteiger partial charge in [-0.3, -0.25) is 14.1 Å². The lowest BCUT2D eigenvalue weighted by molar-refractivity contribution is -0.137. The minimum Gasteiger partial charge on any atom is -0.354 e. The number of thiazole rings is 1. The van der Waals surface area contributed by atoms with Gasteiger partial charge in [-0.05, 0) is 19.1 Å². The van der Waals surface area contributed by atoms with Gasteiger partial charge in [-0.25, -0.2) is 9.97 Å². The number of hydrogen-bond acceptors (Lipinski definition) is 6. The third kappa shape index (κ3) is 3.74. The highest BCUT2D eigenvalue weighted by Gasteiger charge is 2.31. The van der Waals surface area contributed by atoms with Gasteiger partial charge < -0.3 is 4.90 Å². The van der Waals surface area contributed by atoms with Crippen molar-refractivity contribution in [3.8, 4) is 0 Å². The lowest BCUT2D eigenvalue weighted by Crippen LogP contribution is -2.46. The van der Waals surface area contributed by atoms with Gasteiger partial charge in [0.05, 0.1) is 11.3 Å². The molecule has 4 heterocycles. The van der Waals surface area contributed by atoms with Crippen LogP contribution >= 0.6 is 11.3 Å². The zero-order chi connectivity index (χ0) is 19.9. The molecule has 1 saturated heterocycles. The number of anilines is 1. The first-order chi connectivity index (χ1) is 13.3. The van der Waals surface area contributed by atoms with E-state index in [0.717, 1.165) is 23.7 Å². The Morgan fingerprint density at radius 1 is 1.18 bits per heavy atom. The Morgan fingerprint density at radius 2 is 1.93 bits per heavy atom. The smallest absolute Gasteiger partial charge is 0.354 e. The highest BCUT2D eigenvalue weighted by molar-refractivity contribution is 7.15. The topological polar surface area (TPSA) is 53.7 Å². The summed E-state index contributed by atoms with van der Waals surface area (Å²) in [6.07, 6.45) is -3.50. The molecule has 0 unspecified atom stereocenters. The van der Waals surface area contributed by atoms with E-state index >= 15 is 0 Å². The zero-order valence-electron chi connectivity index (χ0n) is 15.1. The molecule has 0 radical (unpaired) electrons. The molecule has 0 atom stereocenters. The number of rotatable bonds is 3. The predicted octanol–water partition coefficient (Wildman–Crippen LogP) is 2.80. The summed E-state index contributed by atoms with van der Waals surface area (Å²) in [6, 6.07) is 4.04. The molecule has 0 bridgehead atoms. The average Bonchev–Trinajstić information content (AvgIpc) is 3.03. The van der Waals surface area contributed by atoms with E-state index in [2.05, 4.69) is 14.9 Å². The number of aryl methyl sites for hydroxylation is 1. The number of halogens is 3. The maximum absolute atomic E-state index is 12.7. The summed E-state index contributed by atoms with van der Waals surface area (Å²) < 4.78 is 39.6. The summed E-state index contributed by atoms with van der Waals surface area (Å²) >= 11 is 1.44. The number of piperazine rings is 1. The van der Waals surface area contributed by atoms with Crippen LogP contribution < -0.4 is 10.5 Å². The highest BCUT2D eigenvalue weighted by Crippen LogP contribution is 2.29. The van der Waals surface area contributed by atoms with Gasteiger partial charge in [0.2, 0.25) is 0 Å². The molecule has 28 heavy (non-hydrogen) atoms. The van der Waals surface area contributed by atoms with Crippen molar-refractivity contribution < 1.29 is 13.2 Å². The van der Waals surface area contributed by atoms with E-state index < -0.39 is 11.7 Å². The summed E-state index contributed by atoms with van der Waals surface area (Å²) in [5, 5.41) is 1.91. The molecule has 148 valence electrons. The van der Waals surface area contributed by atoms with Gasteiger partial charge in [0.15, 0.2) is 4.96 Å². The standard InChI is InChI=1S/C18H18F3N5OS/c1-12-11-28-17-23-14(8-16(27)26(12)17)10-24-4-6-25(7-5-24)15-3-2-13(9-22-15)18(19,20)21/h2-3,8-9,11H,4-7,10H2,1H3. The summed E-state index contributed by atoms with van der Waals surface area (Å²) in [5.74, 6) is 0.541. The van der Waals surface area contributed by atoms with Gasteiger partial charge in [0, 0.05) is 56.1 Å². The molecule has 0 aliphatic carbocycles. The molecule has 1 fully saturated rings. The van der Waals surface area contributed by atoms with Crippen LogP contribution in [0.3, 0.4) is 0 Å². The fourth-order valence-electron chi connectivity index (χ4n) is 3.29. The van der Waals surface area contributed by atoms with Crippen LogP contribution in [-0.2, 0) is 12.7 Å². The van der Waals surface area contributed by atoms with Crippen molar-refractivity contribution in [2.45, 2.75) is 19.6 Å². The number of aromatic nitrogens is 3. The van der Waals surface area contributed by atoms with Crippen LogP contribution in [0.25, 0.3) is 4.96 Å². The predicted molar refractivity (Wildman–Crippen MR) is 101 cm³/mol. The molecule has 1 aliphatic rings. The van der Waals surface area contributed by atoms with Crippen molar-refractivity contribution in [3.05, 3.63) is 57.1 Å². The zero-order valence-corrected chi connectivity index (χ0v) is 15.9. The first kappa shape index (κ1) is 18.9. The Bertz CT molecular complexity index is 1040. The van der Waals surface area contributed by atoms with Gasteiger partial charge in [-0.2, -0.15) is 13.2 Å². The molecule has 10 heteroatoms. The minimum absolute atomic E-state index is 0.0775. The molecule has 3 aromatic heterocycles. The Hall–Kier alpha value is -2.46. The van der Waals surface area contributed by atoms with Crippen LogP contribution in [0.4, 0.5) is 19.0 Å². The van der Waals surface area contributed by atoms with E-state index in [4.69, 9.17) is 0 Å². The second kappa shape index (κ2) is 7.17. The Morgan fingerprint density at radius 3 is 2.57 bits per heavy atom. The normalized spacial score (nSPS) is 16.1. The molecule has 0 saturated carbocycles. The third-order valence-corrected chi connectivity index (χ3v) is 5.73. The fourth-order valence-corrected chi connectivity index (χ4v) is 4.18. The molecule has 0 N–H and O–H groups in total. The first-order valence-electron chi connectivity index (χ1n) is 8.78. The van der Waals surface area contributed by atoms with Gasteiger partial charge in [-0.15, -0.1) is 11.3 Å². The van der Waals surface area contributed by atoms with Gasteiger partial charge in [-0.1, -0.05) is 0 Å². The summed E-state index contributed by atoms with van der Waals surface area (Å²) in [4.78, 5) is 25.6. The number of alkyl halides is 3. The number of nitrogens with zero attached hydrogens (tertiary/aromatic N) is 5. The summed E-state index contributed by atoms with van der Waals surface area (Å²) in [7, 11) is 0. The van der Waals surface area contributed by atoms with Crippen LogP contribution in [0, 0.1) is 6.92 Å². The summed E-state index contributed by atoms with van der Waals surface area (Å²) in [5.41, 5.74) is 0.785. The lowest BCUT2D eigenvalue weighted by atomic mass is 10.2. The van der Waals surface area contributed by atoms with E-state index in [1.54, 1.807) is 10.5 Å². The molecule has 4 rings (SSSR count). The van der Waals surface area contributed by atoms with Gasteiger partial charge in [0.25, 0.3) is 5.56 Å². The fraction of sp³-hybridized carbons (Fsp3) is 0.389. The number of pyridine rings is 1. The maximum atomic E-state index is 12.7. The third-order valence-electron chi connectivity index (χ3n) is 4.79. The molecule has 0 amide bonds. The molecule has 3 aromatic rings. The Balaban J connectivity index is 1.40. The average molecular weight is 409 g/mol.